The van der Waals surface area contributed by atoms with Gasteiger partial charge in [-0.05, 0) is 31.5 Å². The molecular weight excluding hydrogens is 270 g/mol. The zero-order valence-electron chi connectivity index (χ0n) is 11.5. The van der Waals surface area contributed by atoms with Gasteiger partial charge in [-0.1, -0.05) is 6.07 Å². The fraction of sp³-hybridized carbons (Fsp3) is 0.462. The lowest BCUT2D eigenvalue weighted by atomic mass is 9.81. The van der Waals surface area contributed by atoms with E-state index >= 15 is 0 Å². The summed E-state index contributed by atoms with van der Waals surface area (Å²) in [6.07, 6.45) is 0. The third-order valence-electron chi connectivity index (χ3n) is 3.05. The maximum absolute atomic E-state index is 11.7. The van der Waals surface area contributed by atoms with Crippen LogP contribution in [-0.4, -0.2) is 25.3 Å². The molecule has 0 aliphatic rings. The molecule has 3 N–H and O–H groups in total. The van der Waals surface area contributed by atoms with Gasteiger partial charge in [-0.25, -0.2) is 0 Å². The fourth-order valence-electron chi connectivity index (χ4n) is 1.69. The second-order valence-electron chi connectivity index (χ2n) is 4.62. The summed E-state index contributed by atoms with van der Waals surface area (Å²) < 4.78 is 9.75. The van der Waals surface area contributed by atoms with Gasteiger partial charge in [-0.15, -0.1) is 12.4 Å². The minimum absolute atomic E-state index is 0. The Morgan fingerprint density at radius 1 is 1.37 bits per heavy atom. The van der Waals surface area contributed by atoms with Crippen molar-refractivity contribution in [1.29, 1.82) is 0 Å². The molecule has 5 nitrogen and oxygen atoms in total. The molecule has 108 valence electrons. The Labute approximate surface area is 119 Å². The first kappa shape index (κ1) is 17.5. The zero-order valence-corrected chi connectivity index (χ0v) is 12.3. The number of rotatable bonds is 4. The summed E-state index contributed by atoms with van der Waals surface area (Å²) in [4.78, 5) is 11.7. The average Bonchev–Trinajstić information content (AvgIpc) is 2.37. The SMILES string of the molecule is COC(=O)C(C)(C)[C@@H](N)c1ccc(O)c(OC)c1.Cl. The summed E-state index contributed by atoms with van der Waals surface area (Å²) in [6.45, 7) is 3.42. The first-order valence-corrected chi connectivity index (χ1v) is 5.55. The lowest BCUT2D eigenvalue weighted by Crippen LogP contribution is -2.37. The largest absolute Gasteiger partial charge is 0.504 e. The standard InChI is InChI=1S/C13H19NO4.ClH/c1-13(2,12(16)18-4)11(14)8-5-6-9(15)10(7-8)17-3;/h5-7,11,15H,14H2,1-4H3;1H/t11-;/m0./s1. The molecule has 0 bridgehead atoms. The smallest absolute Gasteiger partial charge is 0.313 e. The van der Waals surface area contributed by atoms with Crippen molar-refractivity contribution in [1.82, 2.24) is 0 Å². The molecule has 0 unspecified atom stereocenters. The van der Waals surface area contributed by atoms with Crippen LogP contribution in [-0.2, 0) is 9.53 Å². The number of esters is 1. The van der Waals surface area contributed by atoms with Crippen LogP contribution in [0.5, 0.6) is 11.5 Å². The van der Waals surface area contributed by atoms with E-state index in [9.17, 15) is 9.90 Å². The summed E-state index contributed by atoms with van der Waals surface area (Å²) in [7, 11) is 2.78. The number of hydrogen-bond donors (Lipinski definition) is 2. The van der Waals surface area contributed by atoms with E-state index in [2.05, 4.69) is 0 Å². The van der Waals surface area contributed by atoms with E-state index in [1.807, 2.05) is 0 Å². The Morgan fingerprint density at radius 2 is 1.95 bits per heavy atom. The van der Waals surface area contributed by atoms with Gasteiger partial charge < -0.3 is 20.3 Å². The molecule has 0 spiro atoms. The molecule has 0 aliphatic heterocycles. The molecule has 6 heteroatoms. The van der Waals surface area contributed by atoms with Crippen LogP contribution in [0, 0.1) is 5.41 Å². The van der Waals surface area contributed by atoms with Crippen molar-refractivity contribution >= 4 is 18.4 Å². The van der Waals surface area contributed by atoms with Crippen LogP contribution < -0.4 is 10.5 Å². The highest BCUT2D eigenvalue weighted by Gasteiger charge is 2.36. The van der Waals surface area contributed by atoms with E-state index in [0.29, 0.717) is 11.3 Å². The minimum atomic E-state index is -0.864. The minimum Gasteiger partial charge on any atom is -0.504 e. The van der Waals surface area contributed by atoms with Crippen LogP contribution in [0.3, 0.4) is 0 Å². The molecule has 0 aliphatic carbocycles. The van der Waals surface area contributed by atoms with Gasteiger partial charge in [0.05, 0.1) is 19.6 Å². The highest BCUT2D eigenvalue weighted by Crippen LogP contribution is 2.36. The molecule has 0 heterocycles. The molecule has 19 heavy (non-hydrogen) atoms. The fourth-order valence-corrected chi connectivity index (χ4v) is 1.69. The topological polar surface area (TPSA) is 81.8 Å². The highest BCUT2D eigenvalue weighted by atomic mass is 35.5. The normalized spacial score (nSPS) is 12.3. The monoisotopic (exact) mass is 289 g/mol. The maximum atomic E-state index is 11.7. The van der Waals surface area contributed by atoms with Gasteiger partial charge in [0.2, 0.25) is 0 Å². The number of carbonyl (C=O) groups excluding carboxylic acids is 1. The van der Waals surface area contributed by atoms with Crippen molar-refractivity contribution in [3.63, 3.8) is 0 Å². The molecule has 0 saturated heterocycles. The van der Waals surface area contributed by atoms with E-state index in [4.69, 9.17) is 15.2 Å². The van der Waals surface area contributed by atoms with Gasteiger partial charge in [0, 0.05) is 6.04 Å². The van der Waals surface area contributed by atoms with Crippen LogP contribution in [0.25, 0.3) is 0 Å². The molecule has 1 atom stereocenters. The Hall–Kier alpha value is -1.46. The van der Waals surface area contributed by atoms with Crippen molar-refractivity contribution in [2.45, 2.75) is 19.9 Å². The summed E-state index contributed by atoms with van der Waals surface area (Å²) in [5.41, 5.74) is 5.92. The van der Waals surface area contributed by atoms with E-state index in [0.717, 1.165) is 0 Å². The number of nitrogens with two attached hydrogens (primary N) is 1. The van der Waals surface area contributed by atoms with Crippen molar-refractivity contribution in [3.05, 3.63) is 23.8 Å². The van der Waals surface area contributed by atoms with Gasteiger partial charge in [0.1, 0.15) is 0 Å². The molecule has 1 rings (SSSR count). The van der Waals surface area contributed by atoms with Crippen LogP contribution in [0.1, 0.15) is 25.5 Å². The number of phenols is 1. The zero-order chi connectivity index (χ0) is 13.9. The van der Waals surface area contributed by atoms with Crippen LogP contribution in [0.15, 0.2) is 18.2 Å². The van der Waals surface area contributed by atoms with Crippen molar-refractivity contribution in [3.8, 4) is 11.5 Å². The second kappa shape index (κ2) is 6.63. The lowest BCUT2D eigenvalue weighted by Gasteiger charge is -2.29. The van der Waals surface area contributed by atoms with Crippen molar-refractivity contribution in [2.24, 2.45) is 11.1 Å². The molecular formula is C13H20ClNO4. The first-order valence-electron chi connectivity index (χ1n) is 5.55. The number of halogens is 1. The van der Waals surface area contributed by atoms with Gasteiger partial charge in [0.25, 0.3) is 0 Å². The van der Waals surface area contributed by atoms with Gasteiger partial charge >= 0.3 is 5.97 Å². The van der Waals surface area contributed by atoms with Crippen molar-refractivity contribution in [2.75, 3.05) is 14.2 Å². The molecule has 1 aromatic rings. The molecule has 0 aromatic heterocycles. The number of phenolic OH excluding ortho intramolecular Hbond substituents is 1. The summed E-state index contributed by atoms with van der Waals surface area (Å²) in [5.74, 6) is -0.0324. The van der Waals surface area contributed by atoms with E-state index in [-0.39, 0.29) is 24.1 Å². The average molecular weight is 290 g/mol. The highest BCUT2D eigenvalue weighted by molar-refractivity contribution is 5.85. The Balaban J connectivity index is 0.00000324. The van der Waals surface area contributed by atoms with Gasteiger partial charge in [0.15, 0.2) is 11.5 Å². The van der Waals surface area contributed by atoms with Gasteiger partial charge in [-0.2, -0.15) is 0 Å². The third-order valence-corrected chi connectivity index (χ3v) is 3.05. The van der Waals surface area contributed by atoms with Crippen molar-refractivity contribution < 1.29 is 19.4 Å². The molecule has 0 saturated carbocycles. The molecule has 0 radical (unpaired) electrons. The quantitative estimate of drug-likeness (QED) is 0.829. The van der Waals surface area contributed by atoms with E-state index in [1.165, 1.54) is 20.3 Å². The predicted molar refractivity (Wildman–Crippen MR) is 74.6 cm³/mol. The predicted octanol–water partition coefficient (Wildman–Crippen LogP) is 2.02. The number of methoxy groups -OCH3 is 2. The number of carbonyl (C=O) groups is 1. The molecule has 1 aromatic carbocycles. The van der Waals surface area contributed by atoms with Gasteiger partial charge in [-0.3, -0.25) is 4.79 Å². The second-order valence-corrected chi connectivity index (χ2v) is 4.62. The van der Waals surface area contributed by atoms with E-state index < -0.39 is 11.5 Å². The Kier molecular flexibility index (Phi) is 6.12. The molecule has 0 amide bonds. The Bertz CT molecular complexity index is 448. The summed E-state index contributed by atoms with van der Waals surface area (Å²) in [5, 5.41) is 9.52. The number of aromatic hydroxyl groups is 1. The van der Waals surface area contributed by atoms with Crippen LogP contribution in [0.2, 0.25) is 0 Å². The van der Waals surface area contributed by atoms with Crippen LogP contribution >= 0.6 is 12.4 Å². The third kappa shape index (κ3) is 3.52. The molecule has 0 fully saturated rings. The summed E-state index contributed by atoms with van der Waals surface area (Å²) in [6, 6.07) is 4.21. The lowest BCUT2D eigenvalue weighted by molar-refractivity contribution is -0.152. The number of benzene rings is 1. The summed E-state index contributed by atoms with van der Waals surface area (Å²) >= 11 is 0. The first-order chi connectivity index (χ1) is 8.34. The number of hydrogen-bond acceptors (Lipinski definition) is 5. The maximum Gasteiger partial charge on any atom is 0.313 e. The van der Waals surface area contributed by atoms with Crippen LogP contribution in [0.4, 0.5) is 0 Å². The Morgan fingerprint density at radius 3 is 2.42 bits per heavy atom. The number of ether oxygens (including phenoxy) is 2. The van der Waals surface area contributed by atoms with E-state index in [1.54, 1.807) is 26.0 Å².